The lowest BCUT2D eigenvalue weighted by molar-refractivity contribution is 0.0976. The zero-order valence-electron chi connectivity index (χ0n) is 14.9. The Morgan fingerprint density at radius 3 is 2.63 bits per heavy atom. The van der Waals surface area contributed by atoms with Gasteiger partial charge in [0, 0.05) is 13.2 Å². The number of carbonyl (C=O) groups is 1. The number of aryl methyl sites for hydroxylation is 2. The molecule has 0 saturated carbocycles. The minimum atomic E-state index is -0.147. The van der Waals surface area contributed by atoms with Crippen LogP contribution in [0.4, 0.5) is 5.13 Å². The molecule has 2 aromatic heterocycles. The molecule has 0 spiro atoms. The van der Waals surface area contributed by atoms with E-state index in [2.05, 4.69) is 5.10 Å². The van der Waals surface area contributed by atoms with Crippen molar-refractivity contribution in [1.29, 1.82) is 0 Å². The summed E-state index contributed by atoms with van der Waals surface area (Å²) < 4.78 is 2.47. The van der Waals surface area contributed by atoms with Crippen molar-refractivity contribution in [2.24, 2.45) is 7.05 Å². The Kier molecular flexibility index (Phi) is 4.68. The van der Waals surface area contributed by atoms with Crippen molar-refractivity contribution >= 4 is 44.2 Å². The maximum absolute atomic E-state index is 13.3. The van der Waals surface area contributed by atoms with E-state index in [0.717, 1.165) is 21.3 Å². The van der Waals surface area contributed by atoms with Gasteiger partial charge in [-0.15, -0.1) is 0 Å². The highest BCUT2D eigenvalue weighted by atomic mass is 35.5. The molecule has 4 aromatic rings. The molecule has 7 heteroatoms. The van der Waals surface area contributed by atoms with Gasteiger partial charge in [0.05, 0.1) is 21.8 Å². The van der Waals surface area contributed by atoms with E-state index in [0.29, 0.717) is 22.4 Å². The highest BCUT2D eigenvalue weighted by molar-refractivity contribution is 7.23. The number of benzene rings is 2. The summed E-state index contributed by atoms with van der Waals surface area (Å²) >= 11 is 7.79. The quantitative estimate of drug-likeness (QED) is 0.496. The van der Waals surface area contributed by atoms with Gasteiger partial charge in [0.25, 0.3) is 5.91 Å². The summed E-state index contributed by atoms with van der Waals surface area (Å²) in [5.74, 6) is -0.147. The molecule has 27 heavy (non-hydrogen) atoms. The summed E-state index contributed by atoms with van der Waals surface area (Å²) in [6.07, 6.45) is 1.62. The topological polar surface area (TPSA) is 51.0 Å². The predicted molar refractivity (Wildman–Crippen MR) is 110 cm³/mol. The molecule has 2 aromatic carbocycles. The number of halogens is 1. The fraction of sp³-hybridized carbons (Fsp3) is 0.150. The van der Waals surface area contributed by atoms with E-state index in [1.165, 1.54) is 11.3 Å². The Balaban J connectivity index is 1.82. The molecule has 0 N–H and O–H groups in total. The molecule has 0 bridgehead atoms. The largest absolute Gasteiger partial charge is 0.278 e. The van der Waals surface area contributed by atoms with Gasteiger partial charge < -0.3 is 0 Å². The standard InChI is InChI=1S/C20H17ClN4OS/c1-13-8-9-15(21)18-17(13)23-20(27-18)25(12-14-6-4-3-5-7-14)19(26)16-10-11-22-24(16)2/h3-11H,12H2,1-2H3. The summed E-state index contributed by atoms with van der Waals surface area (Å²) in [7, 11) is 1.76. The lowest BCUT2D eigenvalue weighted by Gasteiger charge is -2.20. The van der Waals surface area contributed by atoms with Gasteiger partial charge in [0.2, 0.25) is 0 Å². The monoisotopic (exact) mass is 396 g/mol. The molecule has 0 radical (unpaired) electrons. The number of hydrogen-bond acceptors (Lipinski definition) is 4. The van der Waals surface area contributed by atoms with E-state index in [4.69, 9.17) is 16.6 Å². The molecule has 0 atom stereocenters. The number of thiazole rings is 1. The smallest absolute Gasteiger partial charge is 0.278 e. The van der Waals surface area contributed by atoms with Gasteiger partial charge in [-0.3, -0.25) is 14.4 Å². The van der Waals surface area contributed by atoms with Gasteiger partial charge in [-0.25, -0.2) is 4.98 Å². The summed E-state index contributed by atoms with van der Waals surface area (Å²) in [6.45, 7) is 2.41. The molecule has 1 amide bonds. The van der Waals surface area contributed by atoms with Gasteiger partial charge in [0.1, 0.15) is 5.69 Å². The first kappa shape index (κ1) is 17.7. The van der Waals surface area contributed by atoms with E-state index in [-0.39, 0.29) is 5.91 Å². The van der Waals surface area contributed by atoms with Gasteiger partial charge in [-0.1, -0.05) is 59.3 Å². The third-order valence-electron chi connectivity index (χ3n) is 4.39. The van der Waals surface area contributed by atoms with Crippen LogP contribution < -0.4 is 4.90 Å². The predicted octanol–water partition coefficient (Wildman–Crippen LogP) is 4.84. The Labute approximate surface area is 165 Å². The SMILES string of the molecule is Cc1ccc(Cl)c2sc(N(Cc3ccccc3)C(=O)c3ccnn3C)nc12. The maximum Gasteiger partial charge on any atom is 0.278 e. The van der Waals surface area contributed by atoms with E-state index < -0.39 is 0 Å². The molecule has 0 aliphatic rings. The number of anilines is 1. The second kappa shape index (κ2) is 7.13. The zero-order valence-corrected chi connectivity index (χ0v) is 16.5. The van der Waals surface area contributed by atoms with Gasteiger partial charge in [-0.2, -0.15) is 5.10 Å². The van der Waals surface area contributed by atoms with Crippen molar-refractivity contribution in [3.05, 3.63) is 76.6 Å². The van der Waals surface area contributed by atoms with E-state index in [9.17, 15) is 4.79 Å². The average Bonchev–Trinajstić information content (AvgIpc) is 3.30. The van der Waals surface area contributed by atoms with Crippen LogP contribution in [0.2, 0.25) is 5.02 Å². The molecule has 136 valence electrons. The molecule has 0 aliphatic heterocycles. The summed E-state index contributed by atoms with van der Waals surface area (Å²) in [4.78, 5) is 19.7. The molecule has 0 fully saturated rings. The number of rotatable bonds is 4. The summed E-state index contributed by atoms with van der Waals surface area (Å²) in [5.41, 5.74) is 3.39. The zero-order chi connectivity index (χ0) is 19.0. The van der Waals surface area contributed by atoms with Crippen molar-refractivity contribution in [2.45, 2.75) is 13.5 Å². The Morgan fingerprint density at radius 2 is 1.96 bits per heavy atom. The fourth-order valence-electron chi connectivity index (χ4n) is 2.92. The summed E-state index contributed by atoms with van der Waals surface area (Å²) in [5, 5.41) is 5.39. The first-order valence-corrected chi connectivity index (χ1v) is 9.63. The number of amides is 1. The second-order valence-corrected chi connectivity index (χ2v) is 7.64. The fourth-order valence-corrected chi connectivity index (χ4v) is 4.23. The van der Waals surface area contributed by atoms with Crippen molar-refractivity contribution in [3.8, 4) is 0 Å². The number of fused-ring (bicyclic) bond motifs is 1. The first-order valence-electron chi connectivity index (χ1n) is 8.44. The van der Waals surface area contributed by atoms with Crippen LogP contribution in [0.3, 0.4) is 0 Å². The van der Waals surface area contributed by atoms with Crippen LogP contribution in [-0.2, 0) is 13.6 Å². The lowest BCUT2D eigenvalue weighted by Crippen LogP contribution is -2.31. The maximum atomic E-state index is 13.3. The Hall–Kier alpha value is -2.70. The number of carbonyl (C=O) groups excluding carboxylic acids is 1. The van der Waals surface area contributed by atoms with Crippen molar-refractivity contribution < 1.29 is 4.79 Å². The third kappa shape index (κ3) is 3.34. The molecule has 5 nitrogen and oxygen atoms in total. The van der Waals surface area contributed by atoms with Crippen LogP contribution in [-0.4, -0.2) is 20.7 Å². The molecule has 0 aliphatic carbocycles. The Bertz CT molecular complexity index is 1080. The molecular formula is C20H17ClN4OS. The van der Waals surface area contributed by atoms with Crippen molar-refractivity contribution in [3.63, 3.8) is 0 Å². The van der Waals surface area contributed by atoms with Crippen molar-refractivity contribution in [2.75, 3.05) is 4.90 Å². The van der Waals surface area contributed by atoms with E-state index in [1.807, 2.05) is 49.4 Å². The van der Waals surface area contributed by atoms with Crippen molar-refractivity contribution in [1.82, 2.24) is 14.8 Å². The molecule has 2 heterocycles. The van der Waals surface area contributed by atoms with Gasteiger partial charge >= 0.3 is 0 Å². The minimum absolute atomic E-state index is 0.147. The Morgan fingerprint density at radius 1 is 1.19 bits per heavy atom. The minimum Gasteiger partial charge on any atom is -0.278 e. The highest BCUT2D eigenvalue weighted by Crippen LogP contribution is 2.36. The molecule has 4 rings (SSSR count). The van der Waals surface area contributed by atoms with Gasteiger partial charge in [0.15, 0.2) is 5.13 Å². The van der Waals surface area contributed by atoms with Crippen LogP contribution in [0.15, 0.2) is 54.7 Å². The lowest BCUT2D eigenvalue weighted by atomic mass is 10.2. The molecule has 0 saturated heterocycles. The van der Waals surface area contributed by atoms with E-state index in [1.54, 1.807) is 28.9 Å². The van der Waals surface area contributed by atoms with Crippen LogP contribution in [0.25, 0.3) is 10.2 Å². The first-order chi connectivity index (χ1) is 13.0. The normalized spacial score (nSPS) is 11.1. The number of hydrogen-bond donors (Lipinski definition) is 0. The van der Waals surface area contributed by atoms with Crippen LogP contribution in [0.5, 0.6) is 0 Å². The number of nitrogens with zero attached hydrogens (tertiary/aromatic N) is 4. The average molecular weight is 397 g/mol. The van der Waals surface area contributed by atoms with Crippen LogP contribution >= 0.6 is 22.9 Å². The van der Waals surface area contributed by atoms with Gasteiger partial charge in [-0.05, 0) is 30.2 Å². The van der Waals surface area contributed by atoms with E-state index >= 15 is 0 Å². The molecule has 0 unspecified atom stereocenters. The third-order valence-corrected chi connectivity index (χ3v) is 5.92. The highest BCUT2D eigenvalue weighted by Gasteiger charge is 2.24. The van der Waals surface area contributed by atoms with Crippen LogP contribution in [0, 0.1) is 6.92 Å². The second-order valence-electron chi connectivity index (χ2n) is 6.26. The molecular weight excluding hydrogens is 380 g/mol. The summed E-state index contributed by atoms with van der Waals surface area (Å²) in [6, 6.07) is 15.4. The van der Waals surface area contributed by atoms with Crippen LogP contribution in [0.1, 0.15) is 21.6 Å². The number of aromatic nitrogens is 3.